The van der Waals surface area contributed by atoms with Gasteiger partial charge in [-0.2, -0.15) is 9.49 Å². The van der Waals surface area contributed by atoms with Crippen LogP contribution in [0.2, 0.25) is 0 Å². The fourth-order valence-corrected chi connectivity index (χ4v) is 2.07. The maximum Gasteiger partial charge on any atom is 0.176 e. The molecule has 2 heterocycles. The first-order valence-corrected chi connectivity index (χ1v) is 5.45. The van der Waals surface area contributed by atoms with E-state index in [0.717, 1.165) is 27.6 Å². The van der Waals surface area contributed by atoms with E-state index in [4.69, 9.17) is 0 Å². The van der Waals surface area contributed by atoms with Crippen LogP contribution in [-0.4, -0.2) is 9.78 Å². The van der Waals surface area contributed by atoms with Gasteiger partial charge in [-0.15, -0.1) is 11.3 Å². The van der Waals surface area contributed by atoms with Crippen molar-refractivity contribution in [3.8, 4) is 0 Å². The van der Waals surface area contributed by atoms with Crippen LogP contribution in [0.25, 0.3) is 0 Å². The van der Waals surface area contributed by atoms with Gasteiger partial charge < -0.3 is 5.32 Å². The van der Waals surface area contributed by atoms with Gasteiger partial charge in [-0.3, -0.25) is 4.68 Å². The molecule has 1 N–H and O–H groups in total. The van der Waals surface area contributed by atoms with E-state index in [-0.39, 0.29) is 5.13 Å². The first kappa shape index (κ1) is 10.2. The standard InChI is InChI=1S/C10H12FN3S/c1-7-6-14(2)13-10(7)12-5-8-3-4-9(11)15-8/h3-4,6H,5H2,1-2H3,(H,12,13). The number of nitrogens with one attached hydrogen (secondary N) is 1. The molecule has 0 radical (unpaired) electrons. The lowest BCUT2D eigenvalue weighted by Crippen LogP contribution is -2.00. The van der Waals surface area contributed by atoms with E-state index in [1.165, 1.54) is 6.07 Å². The summed E-state index contributed by atoms with van der Waals surface area (Å²) >= 11 is 1.16. The van der Waals surface area contributed by atoms with Crippen LogP contribution in [0, 0.1) is 12.1 Å². The molecular formula is C10H12FN3S. The molecule has 0 unspecified atom stereocenters. The Hall–Kier alpha value is -1.36. The highest BCUT2D eigenvalue weighted by Crippen LogP contribution is 2.17. The van der Waals surface area contributed by atoms with E-state index in [0.29, 0.717) is 6.54 Å². The molecule has 80 valence electrons. The van der Waals surface area contributed by atoms with Gasteiger partial charge in [-0.25, -0.2) is 0 Å². The van der Waals surface area contributed by atoms with Gasteiger partial charge in [-0.05, 0) is 19.1 Å². The van der Waals surface area contributed by atoms with Crippen molar-refractivity contribution in [1.82, 2.24) is 9.78 Å². The van der Waals surface area contributed by atoms with Crippen molar-refractivity contribution in [3.05, 3.63) is 33.9 Å². The van der Waals surface area contributed by atoms with E-state index < -0.39 is 0 Å². The van der Waals surface area contributed by atoms with Crippen molar-refractivity contribution in [2.45, 2.75) is 13.5 Å². The number of anilines is 1. The van der Waals surface area contributed by atoms with Gasteiger partial charge in [0, 0.05) is 23.7 Å². The lowest BCUT2D eigenvalue weighted by Gasteiger charge is -2.00. The van der Waals surface area contributed by atoms with Gasteiger partial charge in [0.2, 0.25) is 0 Å². The minimum Gasteiger partial charge on any atom is -0.363 e. The van der Waals surface area contributed by atoms with Gasteiger partial charge in [0.1, 0.15) is 0 Å². The lowest BCUT2D eigenvalue weighted by molar-refractivity contribution is 0.657. The highest BCUT2D eigenvalue weighted by atomic mass is 32.1. The number of hydrogen-bond acceptors (Lipinski definition) is 3. The van der Waals surface area contributed by atoms with Crippen LogP contribution in [0.4, 0.5) is 10.2 Å². The number of hydrogen-bond donors (Lipinski definition) is 1. The van der Waals surface area contributed by atoms with Crippen molar-refractivity contribution in [2.75, 3.05) is 5.32 Å². The van der Waals surface area contributed by atoms with Crippen LogP contribution in [-0.2, 0) is 13.6 Å². The number of halogens is 1. The normalized spacial score (nSPS) is 10.6. The van der Waals surface area contributed by atoms with Crippen LogP contribution in [0.1, 0.15) is 10.4 Å². The molecule has 5 heteroatoms. The van der Waals surface area contributed by atoms with Crippen molar-refractivity contribution >= 4 is 17.2 Å². The maximum absolute atomic E-state index is 12.7. The summed E-state index contributed by atoms with van der Waals surface area (Å²) in [4.78, 5) is 0.970. The molecule has 0 saturated heterocycles. The van der Waals surface area contributed by atoms with Crippen molar-refractivity contribution in [2.24, 2.45) is 7.05 Å². The third-order valence-electron chi connectivity index (χ3n) is 2.07. The van der Waals surface area contributed by atoms with Gasteiger partial charge in [-0.1, -0.05) is 0 Å². The van der Waals surface area contributed by atoms with Crippen LogP contribution >= 0.6 is 11.3 Å². The topological polar surface area (TPSA) is 29.9 Å². The molecule has 2 rings (SSSR count). The van der Waals surface area contributed by atoms with E-state index in [2.05, 4.69) is 10.4 Å². The second kappa shape index (κ2) is 4.02. The summed E-state index contributed by atoms with van der Waals surface area (Å²) in [5, 5.41) is 7.28. The second-order valence-electron chi connectivity index (χ2n) is 3.39. The summed E-state index contributed by atoms with van der Waals surface area (Å²) in [7, 11) is 1.88. The number of aryl methyl sites for hydroxylation is 2. The summed E-state index contributed by atoms with van der Waals surface area (Å²) in [6, 6.07) is 3.26. The number of aromatic nitrogens is 2. The van der Waals surface area contributed by atoms with E-state index in [9.17, 15) is 4.39 Å². The number of thiophene rings is 1. The summed E-state index contributed by atoms with van der Waals surface area (Å²) in [6.07, 6.45) is 1.94. The molecule has 15 heavy (non-hydrogen) atoms. The lowest BCUT2D eigenvalue weighted by atomic mass is 10.3. The number of nitrogens with zero attached hydrogens (tertiary/aromatic N) is 2. The van der Waals surface area contributed by atoms with Gasteiger partial charge in [0.15, 0.2) is 10.9 Å². The van der Waals surface area contributed by atoms with Gasteiger partial charge >= 0.3 is 0 Å². The third kappa shape index (κ3) is 2.36. The molecule has 0 fully saturated rings. The van der Waals surface area contributed by atoms with E-state index in [1.54, 1.807) is 10.7 Å². The SMILES string of the molecule is Cc1cn(C)nc1NCc1ccc(F)s1. The Morgan fingerprint density at radius 3 is 2.87 bits per heavy atom. The Kier molecular flexibility index (Phi) is 2.73. The molecule has 0 atom stereocenters. The molecule has 0 aliphatic heterocycles. The fraction of sp³-hybridized carbons (Fsp3) is 0.300. The largest absolute Gasteiger partial charge is 0.363 e. The molecule has 0 saturated carbocycles. The molecule has 0 aliphatic carbocycles. The maximum atomic E-state index is 12.7. The zero-order valence-corrected chi connectivity index (χ0v) is 9.44. The Morgan fingerprint density at radius 2 is 2.33 bits per heavy atom. The van der Waals surface area contributed by atoms with Crippen molar-refractivity contribution in [3.63, 3.8) is 0 Å². The molecule has 0 aliphatic rings. The monoisotopic (exact) mass is 225 g/mol. The zero-order chi connectivity index (χ0) is 10.8. The summed E-state index contributed by atoms with van der Waals surface area (Å²) in [5.74, 6) is 0.853. The van der Waals surface area contributed by atoms with Crippen LogP contribution < -0.4 is 5.32 Å². The summed E-state index contributed by atoms with van der Waals surface area (Å²) < 4.78 is 14.5. The highest BCUT2D eigenvalue weighted by Gasteiger charge is 2.03. The van der Waals surface area contributed by atoms with Crippen LogP contribution in [0.15, 0.2) is 18.3 Å². The Morgan fingerprint density at radius 1 is 1.53 bits per heavy atom. The average molecular weight is 225 g/mol. The fourth-order valence-electron chi connectivity index (χ4n) is 1.40. The molecule has 0 aromatic carbocycles. The average Bonchev–Trinajstić information content (AvgIpc) is 2.70. The van der Waals surface area contributed by atoms with Gasteiger partial charge in [0.25, 0.3) is 0 Å². The van der Waals surface area contributed by atoms with Crippen LogP contribution in [0.5, 0.6) is 0 Å². The predicted octanol–water partition coefficient (Wildman–Crippen LogP) is 2.54. The van der Waals surface area contributed by atoms with Crippen molar-refractivity contribution in [1.29, 1.82) is 0 Å². The molecular weight excluding hydrogens is 213 g/mol. The van der Waals surface area contributed by atoms with Crippen LogP contribution in [0.3, 0.4) is 0 Å². The van der Waals surface area contributed by atoms with E-state index >= 15 is 0 Å². The molecule has 0 bridgehead atoms. The third-order valence-corrected chi connectivity index (χ3v) is 2.94. The van der Waals surface area contributed by atoms with E-state index in [1.807, 2.05) is 20.2 Å². The number of rotatable bonds is 3. The zero-order valence-electron chi connectivity index (χ0n) is 8.62. The smallest absolute Gasteiger partial charge is 0.176 e. The highest BCUT2D eigenvalue weighted by molar-refractivity contribution is 7.10. The summed E-state index contributed by atoms with van der Waals surface area (Å²) in [6.45, 7) is 2.61. The molecule has 2 aromatic heterocycles. The molecule has 0 spiro atoms. The Balaban J connectivity index is 2.01. The minimum absolute atomic E-state index is 0.149. The quantitative estimate of drug-likeness (QED) is 0.870. The second-order valence-corrected chi connectivity index (χ2v) is 4.51. The molecule has 2 aromatic rings. The predicted molar refractivity (Wildman–Crippen MR) is 59.5 cm³/mol. The molecule has 3 nitrogen and oxygen atoms in total. The molecule has 0 amide bonds. The van der Waals surface area contributed by atoms with Gasteiger partial charge in [0.05, 0.1) is 6.54 Å². The first-order valence-electron chi connectivity index (χ1n) is 4.63. The summed E-state index contributed by atoms with van der Waals surface area (Å²) in [5.41, 5.74) is 1.09. The van der Waals surface area contributed by atoms with Crippen molar-refractivity contribution < 1.29 is 4.39 Å². The minimum atomic E-state index is -0.149. The Labute approximate surface area is 91.5 Å². The Bertz CT molecular complexity index is 461. The first-order chi connectivity index (χ1) is 7.15.